The molecule has 1 heterocycles. The standard InChI is InChI=1S/C23H29NOS/c1-17(2)25-22-13-12-18(3)15-19(22)16-26-23-11-7-6-9-20(23)21-10-5-4-8-14-24-21/h6-7,9,11-13,15,17H,4-5,8,10,14,16H2,1-3H3. The molecule has 0 atom stereocenters. The molecule has 0 aromatic heterocycles. The van der Waals surface area contributed by atoms with E-state index in [0.29, 0.717) is 0 Å². The van der Waals surface area contributed by atoms with Crippen LogP contribution in [-0.2, 0) is 5.75 Å². The number of ether oxygens (including phenoxy) is 1. The lowest BCUT2D eigenvalue weighted by molar-refractivity contribution is 0.240. The van der Waals surface area contributed by atoms with Crippen LogP contribution in [0.1, 0.15) is 56.2 Å². The number of thioether (sulfide) groups is 1. The van der Waals surface area contributed by atoms with Crippen LogP contribution in [0.2, 0.25) is 0 Å². The van der Waals surface area contributed by atoms with Gasteiger partial charge in [-0.2, -0.15) is 0 Å². The van der Waals surface area contributed by atoms with Gasteiger partial charge in [0.2, 0.25) is 0 Å². The quantitative estimate of drug-likeness (QED) is 0.548. The van der Waals surface area contributed by atoms with Gasteiger partial charge in [-0.05, 0) is 52.2 Å². The molecule has 0 saturated carbocycles. The molecular formula is C23H29NOS. The molecule has 0 amide bonds. The molecule has 0 spiro atoms. The molecule has 138 valence electrons. The Bertz CT molecular complexity index is 767. The van der Waals surface area contributed by atoms with Gasteiger partial charge < -0.3 is 4.74 Å². The first-order valence-corrected chi connectivity index (χ1v) is 10.6. The molecular weight excluding hydrogens is 338 g/mol. The minimum absolute atomic E-state index is 0.189. The molecule has 3 heteroatoms. The van der Waals surface area contributed by atoms with Crippen LogP contribution in [0.3, 0.4) is 0 Å². The van der Waals surface area contributed by atoms with Gasteiger partial charge in [0.15, 0.2) is 0 Å². The Kier molecular flexibility index (Phi) is 6.79. The number of benzene rings is 2. The summed E-state index contributed by atoms with van der Waals surface area (Å²) in [6.45, 7) is 7.27. The van der Waals surface area contributed by atoms with E-state index >= 15 is 0 Å². The smallest absolute Gasteiger partial charge is 0.123 e. The van der Waals surface area contributed by atoms with Crippen LogP contribution in [0, 0.1) is 6.92 Å². The molecule has 3 rings (SSSR count). The molecule has 0 unspecified atom stereocenters. The lowest BCUT2D eigenvalue weighted by atomic mass is 10.1. The summed E-state index contributed by atoms with van der Waals surface area (Å²) in [6, 6.07) is 15.2. The summed E-state index contributed by atoms with van der Waals surface area (Å²) >= 11 is 1.89. The molecule has 2 aromatic rings. The summed E-state index contributed by atoms with van der Waals surface area (Å²) in [5.41, 5.74) is 5.14. The first-order valence-electron chi connectivity index (χ1n) is 9.65. The molecule has 0 bridgehead atoms. The van der Waals surface area contributed by atoms with E-state index in [1.54, 1.807) is 0 Å². The molecule has 0 radical (unpaired) electrons. The summed E-state index contributed by atoms with van der Waals surface area (Å²) in [5, 5.41) is 0. The van der Waals surface area contributed by atoms with Crippen molar-refractivity contribution >= 4 is 17.5 Å². The highest BCUT2D eigenvalue weighted by atomic mass is 32.2. The van der Waals surface area contributed by atoms with E-state index < -0.39 is 0 Å². The summed E-state index contributed by atoms with van der Waals surface area (Å²) in [5.74, 6) is 1.91. The maximum absolute atomic E-state index is 6.01. The Morgan fingerprint density at radius 3 is 2.77 bits per heavy atom. The second-order valence-corrected chi connectivity index (χ2v) is 8.22. The lowest BCUT2D eigenvalue weighted by Gasteiger charge is -2.16. The van der Waals surface area contributed by atoms with Crippen molar-refractivity contribution in [3.8, 4) is 5.75 Å². The minimum atomic E-state index is 0.189. The largest absolute Gasteiger partial charge is 0.491 e. The fourth-order valence-electron chi connectivity index (χ4n) is 3.27. The van der Waals surface area contributed by atoms with Crippen molar-refractivity contribution in [2.24, 2.45) is 4.99 Å². The van der Waals surface area contributed by atoms with Gasteiger partial charge in [-0.15, -0.1) is 11.8 Å². The third-order valence-electron chi connectivity index (χ3n) is 4.53. The number of hydrogen-bond donors (Lipinski definition) is 0. The first kappa shape index (κ1) is 19.0. The lowest BCUT2D eigenvalue weighted by Crippen LogP contribution is -2.07. The van der Waals surface area contributed by atoms with Gasteiger partial charge in [-0.25, -0.2) is 0 Å². The topological polar surface area (TPSA) is 21.6 Å². The molecule has 0 saturated heterocycles. The van der Waals surface area contributed by atoms with Crippen LogP contribution >= 0.6 is 11.8 Å². The Balaban J connectivity index is 1.80. The molecule has 26 heavy (non-hydrogen) atoms. The van der Waals surface area contributed by atoms with Gasteiger partial charge in [0.05, 0.1) is 6.10 Å². The zero-order chi connectivity index (χ0) is 18.4. The van der Waals surface area contributed by atoms with Crippen LogP contribution in [0.5, 0.6) is 5.75 Å². The van der Waals surface area contributed by atoms with Gasteiger partial charge in [0, 0.05) is 34.0 Å². The molecule has 0 N–H and O–H groups in total. The molecule has 0 fully saturated rings. The van der Waals surface area contributed by atoms with Gasteiger partial charge in [-0.1, -0.05) is 42.3 Å². The van der Waals surface area contributed by atoms with E-state index in [-0.39, 0.29) is 6.10 Å². The predicted octanol–water partition coefficient (Wildman–Crippen LogP) is 6.44. The monoisotopic (exact) mass is 367 g/mol. The highest BCUT2D eigenvalue weighted by Gasteiger charge is 2.13. The number of aliphatic imine (C=N–C) groups is 1. The Labute approximate surface area is 162 Å². The molecule has 1 aliphatic rings. The summed E-state index contributed by atoms with van der Waals surface area (Å²) in [4.78, 5) is 6.18. The number of aryl methyl sites for hydroxylation is 1. The van der Waals surface area contributed by atoms with Crippen LogP contribution in [0.15, 0.2) is 52.4 Å². The van der Waals surface area contributed by atoms with Crippen molar-refractivity contribution in [3.63, 3.8) is 0 Å². The third kappa shape index (κ3) is 5.14. The maximum Gasteiger partial charge on any atom is 0.123 e. The van der Waals surface area contributed by atoms with E-state index in [9.17, 15) is 0 Å². The predicted molar refractivity (Wildman–Crippen MR) is 113 cm³/mol. The van der Waals surface area contributed by atoms with Gasteiger partial charge in [0.1, 0.15) is 5.75 Å². The number of hydrogen-bond acceptors (Lipinski definition) is 3. The second-order valence-electron chi connectivity index (χ2n) is 7.20. The Morgan fingerprint density at radius 1 is 1.08 bits per heavy atom. The van der Waals surface area contributed by atoms with Crippen molar-refractivity contribution in [1.82, 2.24) is 0 Å². The molecule has 0 aliphatic carbocycles. The van der Waals surface area contributed by atoms with Crippen LogP contribution in [-0.4, -0.2) is 18.4 Å². The summed E-state index contributed by atoms with van der Waals surface area (Å²) < 4.78 is 6.01. The van der Waals surface area contributed by atoms with Crippen LogP contribution in [0.25, 0.3) is 0 Å². The number of rotatable bonds is 6. The molecule has 2 aromatic carbocycles. The molecule has 1 aliphatic heterocycles. The summed E-state index contributed by atoms with van der Waals surface area (Å²) in [6.07, 6.45) is 5.06. The van der Waals surface area contributed by atoms with Crippen LogP contribution in [0.4, 0.5) is 0 Å². The summed E-state index contributed by atoms with van der Waals surface area (Å²) in [7, 11) is 0. The zero-order valence-electron chi connectivity index (χ0n) is 16.1. The first-order chi connectivity index (χ1) is 12.6. The van der Waals surface area contributed by atoms with Crippen molar-refractivity contribution in [1.29, 1.82) is 0 Å². The fraction of sp³-hybridized carbons (Fsp3) is 0.435. The van der Waals surface area contributed by atoms with E-state index in [4.69, 9.17) is 9.73 Å². The van der Waals surface area contributed by atoms with Gasteiger partial charge in [0.25, 0.3) is 0 Å². The Morgan fingerprint density at radius 2 is 1.92 bits per heavy atom. The second kappa shape index (κ2) is 9.27. The van der Waals surface area contributed by atoms with E-state index in [0.717, 1.165) is 24.5 Å². The average molecular weight is 368 g/mol. The van der Waals surface area contributed by atoms with Crippen molar-refractivity contribution < 1.29 is 4.74 Å². The van der Waals surface area contributed by atoms with Crippen molar-refractivity contribution in [3.05, 3.63) is 59.2 Å². The SMILES string of the molecule is Cc1ccc(OC(C)C)c(CSc2ccccc2C2=NCCCCC2)c1. The van der Waals surface area contributed by atoms with E-state index in [2.05, 4.69) is 63.2 Å². The maximum atomic E-state index is 6.01. The minimum Gasteiger partial charge on any atom is -0.491 e. The van der Waals surface area contributed by atoms with Crippen molar-refractivity contribution in [2.75, 3.05) is 6.54 Å². The average Bonchev–Trinajstić information content (AvgIpc) is 2.91. The highest BCUT2D eigenvalue weighted by Crippen LogP contribution is 2.32. The van der Waals surface area contributed by atoms with E-state index in [1.165, 1.54) is 46.6 Å². The van der Waals surface area contributed by atoms with Crippen LogP contribution < -0.4 is 4.74 Å². The third-order valence-corrected chi connectivity index (χ3v) is 5.66. The Hall–Kier alpha value is -1.74. The van der Waals surface area contributed by atoms with Crippen molar-refractivity contribution in [2.45, 2.75) is 63.2 Å². The van der Waals surface area contributed by atoms with Gasteiger partial charge in [-0.3, -0.25) is 4.99 Å². The van der Waals surface area contributed by atoms with E-state index in [1.807, 2.05) is 11.8 Å². The normalized spacial score (nSPS) is 14.8. The fourth-order valence-corrected chi connectivity index (χ4v) is 4.32. The molecule has 2 nitrogen and oxygen atoms in total. The zero-order valence-corrected chi connectivity index (χ0v) is 16.9. The number of nitrogens with zero attached hydrogens (tertiary/aromatic N) is 1. The highest BCUT2D eigenvalue weighted by molar-refractivity contribution is 7.98. The van der Waals surface area contributed by atoms with Gasteiger partial charge >= 0.3 is 0 Å².